The molecule has 1 saturated heterocycles. The third kappa shape index (κ3) is 6.95. The van der Waals surface area contributed by atoms with Gasteiger partial charge >= 0.3 is 0 Å². The number of hydrogen-bond donors (Lipinski definition) is 2. The summed E-state index contributed by atoms with van der Waals surface area (Å²) in [7, 11) is 0. The van der Waals surface area contributed by atoms with Crippen LogP contribution in [0.5, 0.6) is 0 Å². The van der Waals surface area contributed by atoms with E-state index >= 15 is 0 Å². The van der Waals surface area contributed by atoms with Crippen molar-refractivity contribution in [3.8, 4) is 0 Å². The number of hydrogen-bond acceptors (Lipinski definition) is 3. The maximum atomic E-state index is 5.94. The van der Waals surface area contributed by atoms with E-state index in [1.165, 1.54) is 11.3 Å². The Morgan fingerprint density at radius 3 is 2.70 bits per heavy atom. The molecule has 1 aromatic rings. The zero-order valence-electron chi connectivity index (χ0n) is 14.1. The Balaban J connectivity index is 0.00000264. The van der Waals surface area contributed by atoms with Gasteiger partial charge in [0.05, 0.1) is 19.8 Å². The molecule has 1 aliphatic rings. The van der Waals surface area contributed by atoms with Gasteiger partial charge in [0.1, 0.15) is 0 Å². The standard InChI is InChI=1S/C17H28N4O.HI/c1-14(2)7-8-19-17(18)20-13-15-5-3-4-6-16(15)21-9-11-22-12-10-21;/h3-6,14H,7-13H2,1-2H3,(H3,18,19,20);1H. The van der Waals surface area contributed by atoms with Crippen molar-refractivity contribution < 1.29 is 4.74 Å². The summed E-state index contributed by atoms with van der Waals surface area (Å²) in [5, 5.41) is 3.18. The molecule has 0 aromatic heterocycles. The first-order valence-electron chi connectivity index (χ1n) is 8.11. The average molecular weight is 432 g/mol. The lowest BCUT2D eigenvalue weighted by atomic mass is 10.1. The maximum Gasteiger partial charge on any atom is 0.188 e. The van der Waals surface area contributed by atoms with Gasteiger partial charge in [-0.3, -0.25) is 0 Å². The Morgan fingerprint density at radius 2 is 2.00 bits per heavy atom. The number of guanidine groups is 1. The molecular weight excluding hydrogens is 403 g/mol. The van der Waals surface area contributed by atoms with Gasteiger partial charge in [-0.2, -0.15) is 0 Å². The molecule has 1 heterocycles. The molecule has 0 unspecified atom stereocenters. The van der Waals surface area contributed by atoms with Gasteiger partial charge in [0.2, 0.25) is 0 Å². The first-order chi connectivity index (χ1) is 10.7. The van der Waals surface area contributed by atoms with Crippen molar-refractivity contribution >= 4 is 35.6 Å². The van der Waals surface area contributed by atoms with Crippen LogP contribution in [0.25, 0.3) is 0 Å². The van der Waals surface area contributed by atoms with Crippen LogP contribution in [0.1, 0.15) is 25.8 Å². The number of aliphatic imine (C=N–C) groups is 1. The number of anilines is 1. The Labute approximate surface area is 156 Å². The molecule has 1 aromatic carbocycles. The summed E-state index contributed by atoms with van der Waals surface area (Å²) < 4.78 is 5.42. The fourth-order valence-electron chi connectivity index (χ4n) is 2.47. The van der Waals surface area contributed by atoms with Gasteiger partial charge in [0, 0.05) is 25.3 Å². The van der Waals surface area contributed by atoms with Crippen LogP contribution in [0.4, 0.5) is 5.69 Å². The van der Waals surface area contributed by atoms with Crippen LogP contribution >= 0.6 is 24.0 Å². The fraction of sp³-hybridized carbons (Fsp3) is 0.588. The van der Waals surface area contributed by atoms with Crippen LogP contribution in [0.2, 0.25) is 0 Å². The van der Waals surface area contributed by atoms with Crippen molar-refractivity contribution in [1.82, 2.24) is 5.32 Å². The largest absolute Gasteiger partial charge is 0.378 e. The van der Waals surface area contributed by atoms with E-state index < -0.39 is 0 Å². The van der Waals surface area contributed by atoms with E-state index in [-0.39, 0.29) is 24.0 Å². The highest BCUT2D eigenvalue weighted by atomic mass is 127. The minimum absolute atomic E-state index is 0. The SMILES string of the molecule is CC(C)CCNC(N)=NCc1ccccc1N1CCOCC1.I. The topological polar surface area (TPSA) is 62.9 Å². The lowest BCUT2D eigenvalue weighted by molar-refractivity contribution is 0.122. The first-order valence-corrected chi connectivity index (χ1v) is 8.11. The molecule has 0 atom stereocenters. The summed E-state index contributed by atoms with van der Waals surface area (Å²) in [6, 6.07) is 8.40. The normalized spacial score (nSPS) is 15.4. The first kappa shape index (κ1) is 20.0. The monoisotopic (exact) mass is 432 g/mol. The van der Waals surface area contributed by atoms with E-state index in [1.807, 2.05) is 0 Å². The molecule has 2 rings (SSSR count). The van der Waals surface area contributed by atoms with Crippen LogP contribution in [0, 0.1) is 5.92 Å². The van der Waals surface area contributed by atoms with Crippen molar-refractivity contribution in [2.24, 2.45) is 16.6 Å². The number of ether oxygens (including phenoxy) is 1. The highest BCUT2D eigenvalue weighted by molar-refractivity contribution is 14.0. The summed E-state index contributed by atoms with van der Waals surface area (Å²) in [4.78, 5) is 6.83. The second-order valence-electron chi connectivity index (χ2n) is 6.04. The Bertz CT molecular complexity index is 487. The Hall–Kier alpha value is -1.02. The van der Waals surface area contributed by atoms with Gasteiger partial charge in [-0.25, -0.2) is 4.99 Å². The van der Waals surface area contributed by atoms with E-state index in [4.69, 9.17) is 10.5 Å². The molecule has 1 fully saturated rings. The number of halogens is 1. The molecule has 5 nitrogen and oxygen atoms in total. The molecule has 1 aliphatic heterocycles. The van der Waals surface area contributed by atoms with Crippen molar-refractivity contribution in [3.05, 3.63) is 29.8 Å². The van der Waals surface area contributed by atoms with Gasteiger partial charge in [-0.1, -0.05) is 32.0 Å². The molecule has 6 heteroatoms. The quantitative estimate of drug-likeness (QED) is 0.412. The fourth-order valence-corrected chi connectivity index (χ4v) is 2.47. The summed E-state index contributed by atoms with van der Waals surface area (Å²) in [5.41, 5.74) is 8.39. The van der Waals surface area contributed by atoms with Crippen LogP contribution in [-0.2, 0) is 11.3 Å². The number of rotatable bonds is 6. The highest BCUT2D eigenvalue weighted by Gasteiger charge is 2.13. The summed E-state index contributed by atoms with van der Waals surface area (Å²) in [6.07, 6.45) is 1.10. The third-order valence-corrected chi connectivity index (χ3v) is 3.79. The Kier molecular flexibility index (Phi) is 9.31. The van der Waals surface area contributed by atoms with Crippen LogP contribution < -0.4 is 16.0 Å². The Morgan fingerprint density at radius 1 is 1.30 bits per heavy atom. The van der Waals surface area contributed by atoms with Crippen molar-refractivity contribution in [2.45, 2.75) is 26.8 Å². The molecule has 130 valence electrons. The van der Waals surface area contributed by atoms with Gasteiger partial charge in [-0.15, -0.1) is 24.0 Å². The number of para-hydroxylation sites is 1. The second-order valence-corrected chi connectivity index (χ2v) is 6.04. The number of benzene rings is 1. The minimum Gasteiger partial charge on any atom is -0.378 e. The van der Waals surface area contributed by atoms with Crippen molar-refractivity contribution in [1.29, 1.82) is 0 Å². The third-order valence-electron chi connectivity index (χ3n) is 3.79. The predicted octanol–water partition coefficient (Wildman–Crippen LogP) is 2.59. The lowest BCUT2D eigenvalue weighted by Gasteiger charge is -2.30. The van der Waals surface area contributed by atoms with Crippen LogP contribution in [-0.4, -0.2) is 38.8 Å². The van der Waals surface area contributed by atoms with E-state index in [2.05, 4.69) is 53.3 Å². The smallest absolute Gasteiger partial charge is 0.188 e. The van der Waals surface area contributed by atoms with Crippen molar-refractivity contribution in [3.63, 3.8) is 0 Å². The number of nitrogens with one attached hydrogen (secondary N) is 1. The van der Waals surface area contributed by atoms with E-state index in [9.17, 15) is 0 Å². The molecule has 3 N–H and O–H groups in total. The molecule has 0 radical (unpaired) electrons. The van der Waals surface area contributed by atoms with Gasteiger partial charge < -0.3 is 20.7 Å². The zero-order valence-corrected chi connectivity index (χ0v) is 16.5. The van der Waals surface area contributed by atoms with E-state index in [0.717, 1.165) is 39.3 Å². The number of nitrogens with zero attached hydrogens (tertiary/aromatic N) is 2. The molecular formula is C17H29IN4O. The van der Waals surface area contributed by atoms with Crippen LogP contribution in [0.15, 0.2) is 29.3 Å². The molecule has 0 saturated carbocycles. The maximum absolute atomic E-state index is 5.94. The van der Waals surface area contributed by atoms with E-state index in [1.54, 1.807) is 0 Å². The van der Waals surface area contributed by atoms with Crippen molar-refractivity contribution in [2.75, 3.05) is 37.7 Å². The van der Waals surface area contributed by atoms with Gasteiger partial charge in [0.15, 0.2) is 5.96 Å². The zero-order chi connectivity index (χ0) is 15.8. The number of nitrogens with two attached hydrogens (primary N) is 1. The average Bonchev–Trinajstić information content (AvgIpc) is 2.54. The van der Waals surface area contributed by atoms with Gasteiger partial charge in [-0.05, 0) is 24.0 Å². The molecule has 0 aliphatic carbocycles. The molecule has 0 amide bonds. The minimum atomic E-state index is 0. The number of morpholine rings is 1. The second kappa shape index (κ2) is 10.7. The van der Waals surface area contributed by atoms with Gasteiger partial charge in [0.25, 0.3) is 0 Å². The molecule has 0 spiro atoms. The molecule has 0 bridgehead atoms. The highest BCUT2D eigenvalue weighted by Crippen LogP contribution is 2.22. The van der Waals surface area contributed by atoms with E-state index in [0.29, 0.717) is 18.4 Å². The summed E-state index contributed by atoms with van der Waals surface area (Å²) >= 11 is 0. The summed E-state index contributed by atoms with van der Waals surface area (Å²) in [6.45, 7) is 9.33. The lowest BCUT2D eigenvalue weighted by Crippen LogP contribution is -2.36. The predicted molar refractivity (Wildman–Crippen MR) is 108 cm³/mol. The van der Waals surface area contributed by atoms with Crippen LogP contribution in [0.3, 0.4) is 0 Å². The molecule has 23 heavy (non-hydrogen) atoms. The summed E-state index contributed by atoms with van der Waals surface area (Å²) in [5.74, 6) is 1.19.